The lowest BCUT2D eigenvalue weighted by atomic mass is 10.1. The molecule has 1 atom stereocenters. The highest BCUT2D eigenvalue weighted by Crippen LogP contribution is 2.26. The van der Waals surface area contributed by atoms with E-state index < -0.39 is 0 Å². The van der Waals surface area contributed by atoms with Gasteiger partial charge in [-0.15, -0.1) is 0 Å². The van der Waals surface area contributed by atoms with Crippen LogP contribution in [-0.2, 0) is 6.54 Å². The van der Waals surface area contributed by atoms with Crippen molar-refractivity contribution in [2.45, 2.75) is 12.6 Å². The van der Waals surface area contributed by atoms with Crippen molar-refractivity contribution in [3.05, 3.63) is 54.1 Å². The van der Waals surface area contributed by atoms with Crippen LogP contribution in [0.4, 0.5) is 0 Å². The fourth-order valence-corrected chi connectivity index (χ4v) is 2.75. The average molecular weight is 312 g/mol. The predicted octanol–water partition coefficient (Wildman–Crippen LogP) is 1.44. The number of likely N-dealkylation sites (N-methyl/N-ethyl adjacent to an activating group) is 1. The van der Waals surface area contributed by atoms with Crippen LogP contribution in [0.1, 0.15) is 15.9 Å². The van der Waals surface area contributed by atoms with Crippen LogP contribution in [0.15, 0.2) is 43.0 Å². The normalized spacial score (nSPS) is 17.3. The summed E-state index contributed by atoms with van der Waals surface area (Å²) in [6.45, 7) is 1.71. The van der Waals surface area contributed by atoms with Gasteiger partial charge in [0.2, 0.25) is 0 Å². The first-order valence-electron chi connectivity index (χ1n) is 7.56. The fourth-order valence-electron chi connectivity index (χ4n) is 2.75. The summed E-state index contributed by atoms with van der Waals surface area (Å²) < 4.78 is 5.93. The average Bonchev–Trinajstić information content (AvgIpc) is 2.74. The number of carbonyl (C=O) groups excluding carboxylic acids is 1. The van der Waals surface area contributed by atoms with Gasteiger partial charge in [-0.2, -0.15) is 0 Å². The van der Waals surface area contributed by atoms with E-state index in [9.17, 15) is 4.79 Å². The molecule has 6 nitrogen and oxygen atoms in total. The van der Waals surface area contributed by atoms with E-state index >= 15 is 0 Å². The molecule has 1 aromatic carbocycles. The minimum absolute atomic E-state index is 0.0369. The highest BCUT2D eigenvalue weighted by atomic mass is 16.5. The molecule has 0 spiro atoms. The summed E-state index contributed by atoms with van der Waals surface area (Å²) in [6, 6.07) is 7.81. The largest absolute Gasteiger partial charge is 0.491 e. The lowest BCUT2D eigenvalue weighted by Gasteiger charge is -2.31. The molecule has 0 N–H and O–H groups in total. The highest BCUT2D eigenvalue weighted by Gasteiger charge is 2.29. The smallest absolute Gasteiger partial charge is 0.257 e. The van der Waals surface area contributed by atoms with Crippen LogP contribution in [0.3, 0.4) is 0 Å². The first-order valence-corrected chi connectivity index (χ1v) is 7.56. The van der Waals surface area contributed by atoms with Crippen molar-refractivity contribution in [1.29, 1.82) is 0 Å². The molecule has 0 aliphatic carbocycles. The third-order valence-electron chi connectivity index (χ3n) is 3.83. The van der Waals surface area contributed by atoms with Crippen LogP contribution in [0.25, 0.3) is 0 Å². The van der Waals surface area contributed by atoms with Gasteiger partial charge in [0.25, 0.3) is 5.91 Å². The maximum atomic E-state index is 12.9. The van der Waals surface area contributed by atoms with Gasteiger partial charge >= 0.3 is 0 Å². The van der Waals surface area contributed by atoms with Gasteiger partial charge in [-0.25, -0.2) is 9.97 Å². The molecule has 0 fully saturated rings. The molecule has 0 radical (unpaired) electrons. The topological polar surface area (TPSA) is 58.6 Å². The van der Waals surface area contributed by atoms with E-state index in [4.69, 9.17) is 4.74 Å². The van der Waals surface area contributed by atoms with Crippen LogP contribution in [0.2, 0.25) is 0 Å². The fraction of sp³-hybridized carbons (Fsp3) is 0.353. The summed E-state index contributed by atoms with van der Waals surface area (Å²) in [6.07, 6.45) is 4.54. The van der Waals surface area contributed by atoms with Crippen LogP contribution < -0.4 is 4.74 Å². The summed E-state index contributed by atoms with van der Waals surface area (Å²) in [5.74, 6) is 0.772. The first-order chi connectivity index (χ1) is 11.1. The van der Waals surface area contributed by atoms with Crippen molar-refractivity contribution >= 4 is 5.91 Å². The van der Waals surface area contributed by atoms with Crippen molar-refractivity contribution < 1.29 is 9.53 Å². The Morgan fingerprint density at radius 2 is 2.04 bits per heavy atom. The Balaban J connectivity index is 1.93. The molecular weight excluding hydrogens is 292 g/mol. The molecule has 0 bridgehead atoms. The molecule has 2 heterocycles. The van der Waals surface area contributed by atoms with E-state index in [2.05, 4.69) is 14.9 Å². The zero-order valence-electron chi connectivity index (χ0n) is 13.3. The quantitative estimate of drug-likeness (QED) is 0.858. The first kappa shape index (κ1) is 15.4. The van der Waals surface area contributed by atoms with Crippen LogP contribution in [0, 0.1) is 0 Å². The third-order valence-corrected chi connectivity index (χ3v) is 3.83. The number of rotatable bonds is 3. The van der Waals surface area contributed by atoms with Crippen molar-refractivity contribution in [3.8, 4) is 5.75 Å². The Labute approximate surface area is 135 Å². The number of hydrogen-bond donors (Lipinski definition) is 0. The third kappa shape index (κ3) is 3.48. The van der Waals surface area contributed by atoms with Gasteiger partial charge in [-0.3, -0.25) is 4.79 Å². The van der Waals surface area contributed by atoms with Crippen molar-refractivity contribution in [3.63, 3.8) is 0 Å². The minimum Gasteiger partial charge on any atom is -0.491 e. The Bertz CT molecular complexity index is 675. The number of aromatic nitrogens is 2. The molecule has 1 aromatic heterocycles. The van der Waals surface area contributed by atoms with Crippen LogP contribution in [-0.4, -0.2) is 59.0 Å². The van der Waals surface area contributed by atoms with Crippen LogP contribution >= 0.6 is 0 Å². The van der Waals surface area contributed by atoms with E-state index in [1.54, 1.807) is 12.4 Å². The number of carbonyl (C=O) groups is 1. The SMILES string of the molecule is CN(C)C[C@@H]1COc2ccccc2CN1C(=O)c1cncnc1. The molecule has 1 aliphatic heterocycles. The molecular formula is C17H20N4O2. The predicted molar refractivity (Wildman–Crippen MR) is 86.2 cm³/mol. The Kier molecular flexibility index (Phi) is 4.52. The van der Waals surface area contributed by atoms with Crippen molar-refractivity contribution in [2.75, 3.05) is 27.2 Å². The van der Waals surface area contributed by atoms with Gasteiger partial charge in [0, 0.05) is 24.5 Å². The van der Waals surface area contributed by atoms with E-state index in [1.807, 2.05) is 43.3 Å². The number of hydrogen-bond acceptors (Lipinski definition) is 5. The number of nitrogens with zero attached hydrogens (tertiary/aromatic N) is 4. The molecule has 2 aromatic rings. The maximum absolute atomic E-state index is 12.9. The molecule has 23 heavy (non-hydrogen) atoms. The van der Waals surface area contributed by atoms with E-state index in [0.29, 0.717) is 18.7 Å². The van der Waals surface area contributed by atoms with Crippen molar-refractivity contribution in [1.82, 2.24) is 19.8 Å². The number of benzene rings is 1. The zero-order valence-corrected chi connectivity index (χ0v) is 13.3. The second-order valence-electron chi connectivity index (χ2n) is 5.90. The standard InChI is InChI=1S/C17H20N4O2/c1-20(2)10-15-11-23-16-6-4-3-5-13(16)9-21(15)17(22)14-7-18-12-19-8-14/h3-8,12,15H,9-11H2,1-2H3/t15-/m1/s1. The maximum Gasteiger partial charge on any atom is 0.257 e. The number of fused-ring (bicyclic) bond motifs is 1. The zero-order chi connectivity index (χ0) is 16.2. The van der Waals surface area contributed by atoms with E-state index in [-0.39, 0.29) is 11.9 Å². The molecule has 1 aliphatic rings. The van der Waals surface area contributed by atoms with Gasteiger partial charge in [0.05, 0.1) is 18.2 Å². The Morgan fingerprint density at radius 3 is 2.78 bits per heavy atom. The molecule has 6 heteroatoms. The van der Waals surface area contributed by atoms with Gasteiger partial charge in [0.1, 0.15) is 18.7 Å². The minimum atomic E-state index is -0.0715. The van der Waals surface area contributed by atoms with E-state index in [0.717, 1.165) is 17.9 Å². The monoisotopic (exact) mass is 312 g/mol. The molecule has 0 saturated heterocycles. The molecule has 0 unspecified atom stereocenters. The molecule has 120 valence electrons. The molecule has 3 rings (SSSR count). The second-order valence-corrected chi connectivity index (χ2v) is 5.90. The molecule has 0 saturated carbocycles. The summed E-state index contributed by atoms with van der Waals surface area (Å²) in [4.78, 5) is 24.7. The second kappa shape index (κ2) is 6.75. The Hall–Kier alpha value is -2.47. The lowest BCUT2D eigenvalue weighted by molar-refractivity contribution is 0.0582. The lowest BCUT2D eigenvalue weighted by Crippen LogP contribution is -2.47. The molecule has 1 amide bonds. The van der Waals surface area contributed by atoms with Crippen molar-refractivity contribution in [2.24, 2.45) is 0 Å². The van der Waals surface area contributed by atoms with Gasteiger partial charge in [0.15, 0.2) is 0 Å². The van der Waals surface area contributed by atoms with Gasteiger partial charge in [-0.05, 0) is 20.2 Å². The van der Waals surface area contributed by atoms with Gasteiger partial charge < -0.3 is 14.5 Å². The summed E-state index contributed by atoms with van der Waals surface area (Å²) >= 11 is 0. The number of para-hydroxylation sites is 1. The number of amides is 1. The summed E-state index contributed by atoms with van der Waals surface area (Å²) in [7, 11) is 3.98. The number of ether oxygens (including phenoxy) is 1. The van der Waals surface area contributed by atoms with Crippen LogP contribution in [0.5, 0.6) is 5.75 Å². The summed E-state index contributed by atoms with van der Waals surface area (Å²) in [5.41, 5.74) is 1.51. The van der Waals surface area contributed by atoms with Gasteiger partial charge in [-0.1, -0.05) is 18.2 Å². The summed E-state index contributed by atoms with van der Waals surface area (Å²) in [5, 5.41) is 0. The highest BCUT2D eigenvalue weighted by molar-refractivity contribution is 5.93. The van der Waals surface area contributed by atoms with E-state index in [1.165, 1.54) is 6.33 Å². The Morgan fingerprint density at radius 1 is 1.30 bits per heavy atom.